The first-order valence-corrected chi connectivity index (χ1v) is 14.6. The van der Waals surface area contributed by atoms with Crippen LogP contribution in [-0.2, 0) is 0 Å². The number of fused-ring (bicyclic) bond motifs is 2. The second kappa shape index (κ2) is 13.6. The predicted octanol–water partition coefficient (Wildman–Crippen LogP) is 8.39. The summed E-state index contributed by atoms with van der Waals surface area (Å²) in [5.41, 5.74) is 11.2. The van der Waals surface area contributed by atoms with Gasteiger partial charge in [0.05, 0.1) is 37.4 Å². The lowest BCUT2D eigenvalue weighted by molar-refractivity contribution is -0.384. The molecule has 2 amide bonds. The van der Waals surface area contributed by atoms with Gasteiger partial charge >= 0.3 is 0 Å². The largest absolute Gasteiger partial charge is 0.399 e. The molecule has 2 aromatic heterocycles. The van der Waals surface area contributed by atoms with Crippen LogP contribution in [0.4, 0.5) is 22.7 Å². The van der Waals surface area contributed by atoms with Gasteiger partial charge in [0, 0.05) is 51.1 Å². The molecular formula is C34H26Cl2N6O4. The molecule has 6 aromatic rings. The number of nitro groups is 1. The molecule has 0 unspecified atom stereocenters. The number of rotatable bonds is 5. The minimum absolute atomic E-state index is 0.145. The standard InChI is InChI=1S/C17H12ClN3O3.C17H14ClN3O/c1-10-2-3-11-8-12(4-7-15(11)19-10)17(22)20-16-9-13(21(23)24)5-6-14(16)18;1-10-2-3-11-8-12(4-7-15(11)20-10)17(22)21-16-9-13(19)5-6-14(16)18/h2-9H,1H3,(H,20,22);2-9H,19H2,1H3,(H,21,22). The summed E-state index contributed by atoms with van der Waals surface area (Å²) >= 11 is 12.1. The summed E-state index contributed by atoms with van der Waals surface area (Å²) in [6, 6.07) is 26.9. The molecule has 4 N–H and O–H groups in total. The van der Waals surface area contributed by atoms with E-state index < -0.39 is 10.8 Å². The molecule has 2 heterocycles. The van der Waals surface area contributed by atoms with Crippen LogP contribution in [0.15, 0.2) is 97.1 Å². The number of pyridine rings is 2. The Balaban J connectivity index is 0.000000182. The van der Waals surface area contributed by atoms with E-state index in [1.165, 1.54) is 18.2 Å². The van der Waals surface area contributed by atoms with Crippen LogP contribution in [0.2, 0.25) is 10.0 Å². The lowest BCUT2D eigenvalue weighted by Crippen LogP contribution is -2.12. The van der Waals surface area contributed by atoms with Crippen LogP contribution < -0.4 is 16.4 Å². The second-order valence-corrected chi connectivity index (χ2v) is 11.1. The number of nitrogen functional groups attached to an aromatic ring is 1. The number of anilines is 3. The molecule has 0 aliphatic rings. The van der Waals surface area contributed by atoms with Crippen LogP contribution in [0.25, 0.3) is 21.8 Å². The smallest absolute Gasteiger partial charge is 0.271 e. The number of benzene rings is 4. The van der Waals surface area contributed by atoms with Crippen molar-refractivity contribution in [2.24, 2.45) is 0 Å². The molecule has 230 valence electrons. The number of non-ortho nitro benzene ring substituents is 1. The van der Waals surface area contributed by atoms with Crippen molar-refractivity contribution in [2.75, 3.05) is 16.4 Å². The Bertz CT molecular complexity index is 2160. The third-order valence-electron chi connectivity index (χ3n) is 6.83. The number of nitrogens with zero attached hydrogens (tertiary/aromatic N) is 3. The number of carbonyl (C=O) groups excluding carboxylic acids is 2. The van der Waals surface area contributed by atoms with E-state index >= 15 is 0 Å². The van der Waals surface area contributed by atoms with Crippen molar-refractivity contribution in [3.05, 3.63) is 140 Å². The number of hydrogen-bond acceptors (Lipinski definition) is 7. The van der Waals surface area contributed by atoms with Gasteiger partial charge in [-0.15, -0.1) is 0 Å². The van der Waals surface area contributed by atoms with Gasteiger partial charge in [-0.05, 0) is 86.6 Å². The van der Waals surface area contributed by atoms with Crippen LogP contribution in [-0.4, -0.2) is 26.7 Å². The fourth-order valence-electron chi connectivity index (χ4n) is 4.49. The summed E-state index contributed by atoms with van der Waals surface area (Å²) in [4.78, 5) is 43.8. The highest BCUT2D eigenvalue weighted by molar-refractivity contribution is 6.34. The number of carbonyl (C=O) groups is 2. The SMILES string of the molecule is Cc1ccc2cc(C(=O)Nc3cc(N)ccc3Cl)ccc2n1.Cc1ccc2cc(C(=O)Nc3cc([N+](=O)[O-])ccc3Cl)ccc2n1. The van der Waals surface area contributed by atoms with Gasteiger partial charge in [0.2, 0.25) is 0 Å². The molecule has 0 saturated heterocycles. The Hall–Kier alpha value is -5.58. The third kappa shape index (κ3) is 7.55. The average Bonchev–Trinajstić information content (AvgIpc) is 3.03. The van der Waals surface area contributed by atoms with Gasteiger partial charge in [-0.3, -0.25) is 29.7 Å². The van der Waals surface area contributed by atoms with Gasteiger partial charge < -0.3 is 16.4 Å². The number of nitrogens with two attached hydrogens (primary N) is 1. The first-order valence-electron chi connectivity index (χ1n) is 13.8. The minimum Gasteiger partial charge on any atom is -0.399 e. The van der Waals surface area contributed by atoms with E-state index in [1.807, 2.05) is 44.2 Å². The lowest BCUT2D eigenvalue weighted by Gasteiger charge is -2.09. The lowest BCUT2D eigenvalue weighted by atomic mass is 10.1. The summed E-state index contributed by atoms with van der Waals surface area (Å²) < 4.78 is 0. The number of nitrogens with one attached hydrogen (secondary N) is 2. The van der Waals surface area contributed by atoms with Gasteiger partial charge in [-0.1, -0.05) is 35.3 Å². The van der Waals surface area contributed by atoms with Gasteiger partial charge in [0.15, 0.2) is 0 Å². The highest BCUT2D eigenvalue weighted by Crippen LogP contribution is 2.28. The number of aryl methyl sites for hydroxylation is 2. The van der Waals surface area contributed by atoms with Crippen molar-refractivity contribution in [1.82, 2.24) is 9.97 Å². The third-order valence-corrected chi connectivity index (χ3v) is 7.49. The van der Waals surface area contributed by atoms with E-state index in [2.05, 4.69) is 20.6 Å². The number of amides is 2. The Morgan fingerprint density at radius 1 is 0.674 bits per heavy atom. The van der Waals surface area contributed by atoms with Crippen LogP contribution in [0, 0.1) is 24.0 Å². The zero-order valence-corrected chi connectivity index (χ0v) is 26.1. The van der Waals surface area contributed by atoms with Gasteiger partial charge in [0.25, 0.3) is 17.5 Å². The van der Waals surface area contributed by atoms with Crippen LogP contribution in [0.3, 0.4) is 0 Å². The van der Waals surface area contributed by atoms with Crippen molar-refractivity contribution in [2.45, 2.75) is 13.8 Å². The monoisotopic (exact) mass is 652 g/mol. The first-order chi connectivity index (χ1) is 22.0. The summed E-state index contributed by atoms with van der Waals surface area (Å²) in [5.74, 6) is -0.644. The number of halogens is 2. The molecule has 0 spiro atoms. The predicted molar refractivity (Wildman–Crippen MR) is 183 cm³/mol. The van der Waals surface area contributed by atoms with Gasteiger partial charge in [-0.25, -0.2) is 0 Å². The highest BCUT2D eigenvalue weighted by atomic mass is 35.5. The van der Waals surface area contributed by atoms with Gasteiger partial charge in [-0.2, -0.15) is 0 Å². The highest BCUT2D eigenvalue weighted by Gasteiger charge is 2.14. The van der Waals surface area contributed by atoms with Gasteiger partial charge in [0.1, 0.15) is 0 Å². The normalized spacial score (nSPS) is 10.6. The molecule has 0 aliphatic carbocycles. The fourth-order valence-corrected chi connectivity index (χ4v) is 4.82. The Morgan fingerprint density at radius 3 is 1.65 bits per heavy atom. The van der Waals surface area contributed by atoms with E-state index in [9.17, 15) is 19.7 Å². The Morgan fingerprint density at radius 2 is 1.15 bits per heavy atom. The van der Waals surface area contributed by atoms with Crippen molar-refractivity contribution in [1.29, 1.82) is 0 Å². The summed E-state index contributed by atoms with van der Waals surface area (Å²) in [6.45, 7) is 3.83. The number of aromatic nitrogens is 2. The Labute approximate surface area is 273 Å². The molecule has 10 nitrogen and oxygen atoms in total. The van der Waals surface area contributed by atoms with E-state index in [4.69, 9.17) is 28.9 Å². The van der Waals surface area contributed by atoms with Crippen LogP contribution in [0.5, 0.6) is 0 Å². The molecule has 0 aliphatic heterocycles. The maximum absolute atomic E-state index is 12.4. The van der Waals surface area contributed by atoms with Crippen LogP contribution in [0.1, 0.15) is 32.1 Å². The van der Waals surface area contributed by atoms with Crippen molar-refractivity contribution in [3.8, 4) is 0 Å². The second-order valence-electron chi connectivity index (χ2n) is 10.3. The molecule has 0 saturated carbocycles. The Kier molecular flexibility index (Phi) is 9.41. The molecule has 12 heteroatoms. The molecule has 6 rings (SSSR count). The summed E-state index contributed by atoms with van der Waals surface area (Å²) in [7, 11) is 0. The summed E-state index contributed by atoms with van der Waals surface area (Å²) in [6.07, 6.45) is 0. The summed E-state index contributed by atoms with van der Waals surface area (Å²) in [5, 5.41) is 18.6. The van der Waals surface area contributed by atoms with E-state index in [1.54, 1.807) is 48.5 Å². The quantitative estimate of drug-likeness (QED) is 0.0959. The van der Waals surface area contributed by atoms with Crippen molar-refractivity contribution < 1.29 is 14.5 Å². The van der Waals surface area contributed by atoms with E-state index in [0.717, 1.165) is 33.2 Å². The molecule has 0 radical (unpaired) electrons. The molecule has 46 heavy (non-hydrogen) atoms. The van der Waals surface area contributed by atoms with E-state index in [-0.39, 0.29) is 22.3 Å². The van der Waals surface area contributed by atoms with Crippen molar-refractivity contribution in [3.63, 3.8) is 0 Å². The number of hydrogen-bond donors (Lipinski definition) is 3. The minimum atomic E-state index is -0.546. The van der Waals surface area contributed by atoms with Crippen LogP contribution >= 0.6 is 23.2 Å². The van der Waals surface area contributed by atoms with Crippen molar-refractivity contribution >= 4 is 79.6 Å². The maximum atomic E-state index is 12.4. The topological polar surface area (TPSA) is 153 Å². The maximum Gasteiger partial charge on any atom is 0.271 e. The molecule has 4 aromatic carbocycles. The average molecular weight is 654 g/mol. The molecular weight excluding hydrogens is 627 g/mol. The molecule has 0 bridgehead atoms. The first kappa shape index (κ1) is 31.8. The number of nitro benzene ring substituents is 1. The van der Waals surface area contributed by atoms with E-state index in [0.29, 0.717) is 27.5 Å². The molecule has 0 fully saturated rings. The zero-order valence-electron chi connectivity index (χ0n) is 24.5. The molecule has 0 atom stereocenters. The zero-order chi connectivity index (χ0) is 33.0. The fraction of sp³-hybridized carbons (Fsp3) is 0.0588.